The van der Waals surface area contributed by atoms with E-state index in [9.17, 15) is 9.59 Å². The molecule has 6 nitrogen and oxygen atoms in total. The second-order valence-corrected chi connectivity index (χ2v) is 5.08. The third-order valence-electron chi connectivity index (χ3n) is 3.70. The van der Waals surface area contributed by atoms with Crippen LogP contribution in [0.15, 0.2) is 6.20 Å². The topological polar surface area (TPSA) is 75.4 Å². The summed E-state index contributed by atoms with van der Waals surface area (Å²) in [5.41, 5.74) is -0.00164. The Morgan fingerprint density at radius 1 is 1.37 bits per heavy atom. The lowest BCUT2D eigenvalue weighted by atomic mass is 9.94. The summed E-state index contributed by atoms with van der Waals surface area (Å²) in [7, 11) is 3.35. The summed E-state index contributed by atoms with van der Waals surface area (Å²) in [5, 5.41) is 13.1. The Bertz CT molecular complexity index is 489. The Labute approximate surface area is 112 Å². The fraction of sp³-hybridized carbons (Fsp3) is 0.615. The molecule has 1 amide bonds. The van der Waals surface area contributed by atoms with Crippen molar-refractivity contribution in [2.45, 2.75) is 38.1 Å². The maximum absolute atomic E-state index is 12.4. The number of aromatic nitrogens is 2. The highest BCUT2D eigenvalue weighted by Gasteiger charge is 2.28. The molecule has 1 aliphatic carbocycles. The molecule has 0 saturated heterocycles. The number of nitrogens with zero attached hydrogens (tertiary/aromatic N) is 3. The molecule has 1 saturated carbocycles. The van der Waals surface area contributed by atoms with Crippen LogP contribution in [0.3, 0.4) is 0 Å². The van der Waals surface area contributed by atoms with Gasteiger partial charge in [-0.1, -0.05) is 19.3 Å². The Balaban J connectivity index is 2.20. The summed E-state index contributed by atoms with van der Waals surface area (Å²) in [5.74, 6) is -1.42. The first-order chi connectivity index (χ1) is 9.00. The zero-order chi connectivity index (χ0) is 14.0. The summed E-state index contributed by atoms with van der Waals surface area (Å²) < 4.78 is 1.37. The molecule has 0 radical (unpaired) electrons. The van der Waals surface area contributed by atoms with Crippen LogP contribution in [-0.4, -0.2) is 44.8 Å². The van der Waals surface area contributed by atoms with E-state index in [2.05, 4.69) is 5.10 Å². The van der Waals surface area contributed by atoms with Crippen molar-refractivity contribution in [2.24, 2.45) is 7.05 Å². The van der Waals surface area contributed by atoms with E-state index in [4.69, 9.17) is 5.11 Å². The Morgan fingerprint density at radius 3 is 2.58 bits per heavy atom. The van der Waals surface area contributed by atoms with Crippen molar-refractivity contribution in [3.05, 3.63) is 17.5 Å². The number of carbonyl (C=O) groups excluding carboxylic acids is 1. The van der Waals surface area contributed by atoms with Gasteiger partial charge in [0.15, 0.2) is 5.69 Å². The maximum Gasteiger partial charge on any atom is 0.339 e. The molecule has 0 aliphatic heterocycles. The first-order valence-corrected chi connectivity index (χ1v) is 6.55. The van der Waals surface area contributed by atoms with Crippen molar-refractivity contribution in [3.8, 4) is 0 Å². The van der Waals surface area contributed by atoms with E-state index in [0.717, 1.165) is 25.7 Å². The second kappa shape index (κ2) is 5.42. The van der Waals surface area contributed by atoms with Crippen LogP contribution >= 0.6 is 0 Å². The molecule has 1 aromatic heterocycles. The number of rotatable bonds is 3. The molecule has 2 rings (SSSR count). The molecule has 0 atom stereocenters. The number of aryl methyl sites for hydroxylation is 1. The predicted octanol–water partition coefficient (Wildman–Crippen LogP) is 1.52. The Morgan fingerprint density at radius 2 is 2.00 bits per heavy atom. The second-order valence-electron chi connectivity index (χ2n) is 5.08. The van der Waals surface area contributed by atoms with E-state index in [-0.39, 0.29) is 23.2 Å². The number of hydrogen-bond acceptors (Lipinski definition) is 3. The summed E-state index contributed by atoms with van der Waals surface area (Å²) in [4.78, 5) is 25.1. The fourth-order valence-electron chi connectivity index (χ4n) is 2.60. The molecule has 19 heavy (non-hydrogen) atoms. The lowest BCUT2D eigenvalue weighted by Crippen LogP contribution is -2.39. The highest BCUT2D eigenvalue weighted by atomic mass is 16.4. The molecule has 0 spiro atoms. The average molecular weight is 265 g/mol. The molecular weight excluding hydrogens is 246 g/mol. The summed E-state index contributed by atoms with van der Waals surface area (Å²) in [6.07, 6.45) is 6.79. The molecule has 0 unspecified atom stereocenters. The van der Waals surface area contributed by atoms with Gasteiger partial charge in [-0.2, -0.15) is 5.10 Å². The van der Waals surface area contributed by atoms with Crippen LogP contribution in [0.1, 0.15) is 53.0 Å². The molecule has 1 fully saturated rings. The van der Waals surface area contributed by atoms with Gasteiger partial charge in [-0.25, -0.2) is 4.79 Å². The van der Waals surface area contributed by atoms with Crippen LogP contribution in [0.25, 0.3) is 0 Å². The van der Waals surface area contributed by atoms with Crippen LogP contribution in [-0.2, 0) is 7.05 Å². The van der Waals surface area contributed by atoms with E-state index < -0.39 is 5.97 Å². The zero-order valence-corrected chi connectivity index (χ0v) is 11.3. The molecule has 104 valence electrons. The number of hydrogen-bond donors (Lipinski definition) is 1. The van der Waals surface area contributed by atoms with Crippen molar-refractivity contribution in [1.82, 2.24) is 14.7 Å². The minimum Gasteiger partial charge on any atom is -0.478 e. The van der Waals surface area contributed by atoms with Crippen LogP contribution in [0.4, 0.5) is 0 Å². The highest BCUT2D eigenvalue weighted by Crippen LogP contribution is 2.23. The van der Waals surface area contributed by atoms with Crippen LogP contribution < -0.4 is 0 Å². The molecule has 1 heterocycles. The van der Waals surface area contributed by atoms with Crippen molar-refractivity contribution in [1.29, 1.82) is 0 Å². The summed E-state index contributed by atoms with van der Waals surface area (Å²) in [6, 6.07) is 0.199. The number of carboxylic acids is 1. The highest BCUT2D eigenvalue weighted by molar-refractivity contribution is 6.03. The molecule has 1 aromatic rings. The number of carbonyl (C=O) groups is 2. The van der Waals surface area contributed by atoms with Crippen LogP contribution in [0.5, 0.6) is 0 Å². The quantitative estimate of drug-likeness (QED) is 0.899. The third kappa shape index (κ3) is 2.77. The minimum absolute atomic E-state index is 0.0306. The first-order valence-electron chi connectivity index (χ1n) is 6.55. The summed E-state index contributed by atoms with van der Waals surface area (Å²) >= 11 is 0. The molecule has 0 aromatic carbocycles. The standard InChI is InChI=1S/C13H19N3O3/c1-15-8-10(13(18)19)11(14-15)12(17)16(2)9-6-4-3-5-7-9/h8-9H,3-7H2,1-2H3,(H,18,19). The van der Waals surface area contributed by atoms with E-state index in [1.54, 1.807) is 19.0 Å². The fourth-order valence-corrected chi connectivity index (χ4v) is 2.60. The normalized spacial score (nSPS) is 16.3. The average Bonchev–Trinajstić information content (AvgIpc) is 2.80. The van der Waals surface area contributed by atoms with E-state index >= 15 is 0 Å². The Kier molecular flexibility index (Phi) is 3.87. The zero-order valence-electron chi connectivity index (χ0n) is 11.3. The maximum atomic E-state index is 12.4. The minimum atomic E-state index is -1.12. The predicted molar refractivity (Wildman–Crippen MR) is 69.1 cm³/mol. The molecule has 1 aliphatic rings. The van der Waals surface area contributed by atoms with Crippen LogP contribution in [0, 0.1) is 0 Å². The largest absolute Gasteiger partial charge is 0.478 e. The Hall–Kier alpha value is -1.85. The van der Waals surface area contributed by atoms with Gasteiger partial charge >= 0.3 is 5.97 Å². The van der Waals surface area contributed by atoms with Gasteiger partial charge in [0.25, 0.3) is 5.91 Å². The first kappa shape index (κ1) is 13.6. The van der Waals surface area contributed by atoms with Gasteiger partial charge in [-0.05, 0) is 12.8 Å². The SMILES string of the molecule is CN(C(=O)c1nn(C)cc1C(=O)O)C1CCCCC1. The third-order valence-corrected chi connectivity index (χ3v) is 3.70. The number of amides is 1. The van der Waals surface area contributed by atoms with Gasteiger partial charge in [0.1, 0.15) is 5.56 Å². The van der Waals surface area contributed by atoms with E-state index in [1.807, 2.05) is 0 Å². The van der Waals surface area contributed by atoms with Crippen molar-refractivity contribution in [3.63, 3.8) is 0 Å². The van der Waals surface area contributed by atoms with Crippen molar-refractivity contribution < 1.29 is 14.7 Å². The number of carboxylic acid groups (broad SMARTS) is 1. The molecular formula is C13H19N3O3. The van der Waals surface area contributed by atoms with E-state index in [1.165, 1.54) is 17.3 Å². The van der Waals surface area contributed by atoms with Gasteiger partial charge in [-0.3, -0.25) is 9.48 Å². The lowest BCUT2D eigenvalue weighted by molar-refractivity contribution is 0.0651. The van der Waals surface area contributed by atoms with Crippen molar-refractivity contribution >= 4 is 11.9 Å². The van der Waals surface area contributed by atoms with Gasteiger partial charge in [0.2, 0.25) is 0 Å². The molecule has 6 heteroatoms. The molecule has 1 N–H and O–H groups in total. The lowest BCUT2D eigenvalue weighted by Gasteiger charge is -2.30. The molecule has 0 bridgehead atoms. The van der Waals surface area contributed by atoms with Gasteiger partial charge in [-0.15, -0.1) is 0 Å². The smallest absolute Gasteiger partial charge is 0.339 e. The summed E-state index contributed by atoms with van der Waals surface area (Å²) in [6.45, 7) is 0. The van der Waals surface area contributed by atoms with E-state index in [0.29, 0.717) is 0 Å². The van der Waals surface area contributed by atoms with Gasteiger partial charge in [0, 0.05) is 26.3 Å². The van der Waals surface area contributed by atoms with Gasteiger partial charge in [0.05, 0.1) is 0 Å². The number of aromatic carboxylic acids is 1. The van der Waals surface area contributed by atoms with Crippen LogP contribution in [0.2, 0.25) is 0 Å². The van der Waals surface area contributed by atoms with Gasteiger partial charge < -0.3 is 10.0 Å². The van der Waals surface area contributed by atoms with Crippen molar-refractivity contribution in [2.75, 3.05) is 7.05 Å². The monoisotopic (exact) mass is 265 g/mol.